The van der Waals surface area contributed by atoms with E-state index >= 15 is 0 Å². The Morgan fingerprint density at radius 3 is 2.45 bits per heavy atom. The maximum absolute atomic E-state index is 13.2. The van der Waals surface area contributed by atoms with Crippen LogP contribution in [-0.2, 0) is 0 Å². The molecule has 0 aliphatic heterocycles. The smallest absolute Gasteiger partial charge is 0.280 e. The molecule has 0 unspecified atom stereocenters. The third-order valence-corrected chi connectivity index (χ3v) is 4.09. The zero-order chi connectivity index (χ0) is 20.8. The largest absolute Gasteiger partial charge is 0.493 e. The number of anilines is 1. The lowest BCUT2D eigenvalue weighted by atomic mass is 10.2. The summed E-state index contributed by atoms with van der Waals surface area (Å²) in [6.45, 7) is 2.40. The molecule has 8 heteroatoms. The predicted octanol–water partition coefficient (Wildman–Crippen LogP) is 4.07. The molecule has 3 rings (SSSR count). The Labute approximate surface area is 168 Å². The van der Waals surface area contributed by atoms with E-state index in [0.717, 1.165) is 6.42 Å². The third kappa shape index (κ3) is 4.66. The molecule has 7 nitrogen and oxygen atoms in total. The number of hydrogen-bond acceptors (Lipinski definition) is 5. The van der Waals surface area contributed by atoms with Crippen LogP contribution in [0.2, 0.25) is 0 Å². The van der Waals surface area contributed by atoms with Gasteiger partial charge in [-0.3, -0.25) is 4.79 Å². The van der Waals surface area contributed by atoms with E-state index < -0.39 is 5.91 Å². The normalized spacial score (nSPS) is 10.5. The summed E-state index contributed by atoms with van der Waals surface area (Å²) < 4.78 is 30.8. The molecule has 0 spiro atoms. The van der Waals surface area contributed by atoms with Crippen molar-refractivity contribution in [2.75, 3.05) is 26.1 Å². The Morgan fingerprint density at radius 1 is 1.07 bits per heavy atom. The zero-order valence-electron chi connectivity index (χ0n) is 16.4. The van der Waals surface area contributed by atoms with Gasteiger partial charge in [-0.05, 0) is 42.8 Å². The van der Waals surface area contributed by atoms with Crippen molar-refractivity contribution < 1.29 is 23.4 Å². The maximum Gasteiger partial charge on any atom is 0.280 e. The van der Waals surface area contributed by atoms with E-state index in [2.05, 4.69) is 10.4 Å². The van der Waals surface area contributed by atoms with Gasteiger partial charge in [-0.15, -0.1) is 0 Å². The van der Waals surface area contributed by atoms with Gasteiger partial charge >= 0.3 is 0 Å². The molecule has 0 saturated heterocycles. The lowest BCUT2D eigenvalue weighted by molar-refractivity contribution is 0.101. The van der Waals surface area contributed by atoms with Crippen LogP contribution < -0.4 is 19.5 Å². The van der Waals surface area contributed by atoms with Crippen LogP contribution in [0.15, 0.2) is 48.7 Å². The molecule has 0 fully saturated rings. The molecule has 1 N–H and O–H groups in total. The van der Waals surface area contributed by atoms with Gasteiger partial charge in [0.1, 0.15) is 5.82 Å². The molecule has 0 aliphatic carbocycles. The van der Waals surface area contributed by atoms with E-state index in [-0.39, 0.29) is 11.5 Å². The molecule has 0 radical (unpaired) electrons. The van der Waals surface area contributed by atoms with Crippen molar-refractivity contribution in [1.29, 1.82) is 0 Å². The van der Waals surface area contributed by atoms with Gasteiger partial charge in [0, 0.05) is 11.8 Å². The number of amides is 1. The van der Waals surface area contributed by atoms with E-state index in [0.29, 0.717) is 35.2 Å². The Kier molecular flexibility index (Phi) is 6.33. The van der Waals surface area contributed by atoms with Gasteiger partial charge in [-0.2, -0.15) is 5.10 Å². The maximum atomic E-state index is 13.2. The SMILES string of the molecule is CCCOc1cn(-c2ccc(F)cc2)nc1C(=O)Nc1ccc(OC)c(OC)c1. The van der Waals surface area contributed by atoms with Crippen LogP contribution in [0.1, 0.15) is 23.8 Å². The first kappa shape index (κ1) is 20.2. The Morgan fingerprint density at radius 2 is 1.79 bits per heavy atom. The number of ether oxygens (including phenoxy) is 3. The average Bonchev–Trinajstić information content (AvgIpc) is 3.17. The first-order chi connectivity index (χ1) is 14.0. The van der Waals surface area contributed by atoms with Crippen LogP contribution in [0.5, 0.6) is 17.2 Å². The number of nitrogens with one attached hydrogen (secondary N) is 1. The lowest BCUT2D eigenvalue weighted by Gasteiger charge is -2.10. The van der Waals surface area contributed by atoms with Crippen LogP contribution in [0.3, 0.4) is 0 Å². The van der Waals surface area contributed by atoms with E-state index in [1.165, 1.54) is 31.0 Å². The minimum absolute atomic E-state index is 0.123. The molecule has 1 aromatic heterocycles. The van der Waals surface area contributed by atoms with Crippen LogP contribution in [-0.4, -0.2) is 36.5 Å². The first-order valence-electron chi connectivity index (χ1n) is 9.07. The molecule has 0 saturated carbocycles. The van der Waals surface area contributed by atoms with Gasteiger partial charge in [0.25, 0.3) is 5.91 Å². The van der Waals surface area contributed by atoms with Gasteiger partial charge in [0.05, 0.1) is 32.7 Å². The van der Waals surface area contributed by atoms with Gasteiger partial charge in [0.2, 0.25) is 0 Å². The van der Waals surface area contributed by atoms with Crippen molar-refractivity contribution in [1.82, 2.24) is 9.78 Å². The Bertz CT molecular complexity index is 986. The fourth-order valence-corrected chi connectivity index (χ4v) is 2.66. The quantitative estimate of drug-likeness (QED) is 0.618. The van der Waals surface area contributed by atoms with E-state index in [1.54, 1.807) is 36.5 Å². The highest BCUT2D eigenvalue weighted by atomic mass is 19.1. The monoisotopic (exact) mass is 399 g/mol. The van der Waals surface area contributed by atoms with Crippen molar-refractivity contribution in [3.05, 3.63) is 60.2 Å². The Hall–Kier alpha value is -3.55. The van der Waals surface area contributed by atoms with Gasteiger partial charge < -0.3 is 19.5 Å². The topological polar surface area (TPSA) is 74.6 Å². The standard InChI is InChI=1S/C21H22FN3O4/c1-4-11-29-19-13-25(16-8-5-14(22)6-9-16)24-20(19)21(26)23-15-7-10-17(27-2)18(12-15)28-3/h5-10,12-13H,4,11H2,1-3H3,(H,23,26). The second-order valence-corrected chi connectivity index (χ2v) is 6.14. The van der Waals surface area contributed by atoms with Crippen molar-refractivity contribution in [2.45, 2.75) is 13.3 Å². The van der Waals surface area contributed by atoms with E-state index in [9.17, 15) is 9.18 Å². The van der Waals surface area contributed by atoms with E-state index in [4.69, 9.17) is 14.2 Å². The minimum atomic E-state index is -0.441. The summed E-state index contributed by atoms with van der Waals surface area (Å²) in [5.74, 6) is 0.593. The molecular formula is C21H22FN3O4. The zero-order valence-corrected chi connectivity index (χ0v) is 16.4. The van der Waals surface area contributed by atoms with Crippen LogP contribution in [0.4, 0.5) is 10.1 Å². The highest BCUT2D eigenvalue weighted by Gasteiger charge is 2.20. The molecule has 1 amide bonds. The van der Waals surface area contributed by atoms with Crippen LogP contribution in [0, 0.1) is 5.82 Å². The van der Waals surface area contributed by atoms with E-state index in [1.807, 2.05) is 6.92 Å². The summed E-state index contributed by atoms with van der Waals surface area (Å²) in [7, 11) is 3.06. The van der Waals surface area contributed by atoms with Crippen molar-refractivity contribution in [2.24, 2.45) is 0 Å². The molecule has 2 aromatic carbocycles. The van der Waals surface area contributed by atoms with Gasteiger partial charge in [0.15, 0.2) is 22.9 Å². The number of halogens is 1. The summed E-state index contributed by atoms with van der Waals surface area (Å²) in [5, 5.41) is 7.12. The summed E-state index contributed by atoms with van der Waals surface area (Å²) in [4.78, 5) is 12.9. The van der Waals surface area contributed by atoms with Crippen LogP contribution in [0.25, 0.3) is 5.69 Å². The lowest BCUT2D eigenvalue weighted by Crippen LogP contribution is -2.14. The number of carbonyl (C=O) groups excluding carboxylic acids is 1. The third-order valence-electron chi connectivity index (χ3n) is 4.09. The number of methoxy groups -OCH3 is 2. The fraction of sp³-hybridized carbons (Fsp3) is 0.238. The predicted molar refractivity (Wildman–Crippen MR) is 107 cm³/mol. The second kappa shape index (κ2) is 9.09. The fourth-order valence-electron chi connectivity index (χ4n) is 2.66. The summed E-state index contributed by atoms with van der Waals surface area (Å²) in [6, 6.07) is 10.8. The number of hydrogen-bond donors (Lipinski definition) is 1. The number of rotatable bonds is 8. The molecule has 0 bridgehead atoms. The number of carbonyl (C=O) groups is 1. The first-order valence-corrected chi connectivity index (χ1v) is 9.07. The molecule has 0 aliphatic rings. The average molecular weight is 399 g/mol. The second-order valence-electron chi connectivity index (χ2n) is 6.14. The summed E-state index contributed by atoms with van der Waals surface area (Å²) in [6.07, 6.45) is 2.38. The van der Waals surface area contributed by atoms with Gasteiger partial charge in [-0.25, -0.2) is 9.07 Å². The number of nitrogens with zero attached hydrogens (tertiary/aromatic N) is 2. The highest BCUT2D eigenvalue weighted by molar-refractivity contribution is 6.04. The summed E-state index contributed by atoms with van der Waals surface area (Å²) >= 11 is 0. The minimum Gasteiger partial charge on any atom is -0.493 e. The van der Waals surface area contributed by atoms with Gasteiger partial charge in [-0.1, -0.05) is 6.92 Å². The molecule has 152 valence electrons. The molecule has 3 aromatic rings. The number of benzene rings is 2. The molecular weight excluding hydrogens is 377 g/mol. The Balaban J connectivity index is 1.89. The summed E-state index contributed by atoms with van der Waals surface area (Å²) in [5.41, 5.74) is 1.25. The highest BCUT2D eigenvalue weighted by Crippen LogP contribution is 2.30. The van der Waals surface area contributed by atoms with Crippen molar-refractivity contribution in [3.63, 3.8) is 0 Å². The van der Waals surface area contributed by atoms with Crippen LogP contribution >= 0.6 is 0 Å². The number of aromatic nitrogens is 2. The van der Waals surface area contributed by atoms with Crippen molar-refractivity contribution >= 4 is 11.6 Å². The molecule has 0 atom stereocenters. The van der Waals surface area contributed by atoms with Crippen molar-refractivity contribution in [3.8, 4) is 22.9 Å². The molecule has 29 heavy (non-hydrogen) atoms. The molecule has 1 heterocycles.